The van der Waals surface area contributed by atoms with Crippen LogP contribution in [-0.4, -0.2) is 51.9 Å². The van der Waals surface area contributed by atoms with E-state index < -0.39 is 82.9 Å². The molecule has 0 saturated heterocycles. The zero-order valence-electron chi connectivity index (χ0n) is 20.6. The molecule has 0 radical (unpaired) electrons. The van der Waals surface area contributed by atoms with Crippen molar-refractivity contribution in [2.24, 2.45) is 10.4 Å². The van der Waals surface area contributed by atoms with Crippen LogP contribution in [-0.2, 0) is 89.9 Å². The van der Waals surface area contributed by atoms with Gasteiger partial charge in [-0.3, -0.25) is 0 Å². The third-order valence-corrected chi connectivity index (χ3v) is 8.65. The first kappa shape index (κ1) is 42.3. The molecule has 0 atom stereocenters. The number of hydrogen-bond donors (Lipinski definition) is 0. The maximum absolute atomic E-state index is 11.7. The van der Waals surface area contributed by atoms with Gasteiger partial charge in [0.25, 0.3) is 0 Å². The average molecular weight is 837 g/mol. The van der Waals surface area contributed by atoms with Gasteiger partial charge in [0.2, 0.25) is 0 Å². The molecule has 0 saturated carbocycles. The van der Waals surface area contributed by atoms with E-state index in [1.54, 1.807) is 0 Å². The first-order chi connectivity index (χ1) is 19.1. The van der Waals surface area contributed by atoms with Crippen molar-refractivity contribution in [3.05, 3.63) is 58.3 Å². The van der Waals surface area contributed by atoms with E-state index in [0.29, 0.717) is 12.1 Å². The third-order valence-electron chi connectivity index (χ3n) is 5.31. The Morgan fingerprint density at radius 3 is 0.978 bits per heavy atom. The molecule has 0 unspecified atom stereocenters. The molecule has 0 aromatic heterocycles. The second kappa shape index (κ2) is 14.8. The van der Waals surface area contributed by atoms with Crippen LogP contribution in [0.4, 0.5) is 11.4 Å². The molecule has 4 aromatic carbocycles. The molecule has 0 amide bonds. The van der Waals surface area contributed by atoms with Crippen molar-refractivity contribution in [3.8, 4) is 11.5 Å². The molecule has 0 fully saturated rings. The van der Waals surface area contributed by atoms with Gasteiger partial charge in [-0.15, -0.1) is 9.81 Å². The van der Waals surface area contributed by atoms with Gasteiger partial charge >= 0.3 is 49.5 Å². The molecule has 0 bridgehead atoms. The summed E-state index contributed by atoms with van der Waals surface area (Å²) in [5, 5.41) is 27.3. The van der Waals surface area contributed by atoms with Crippen molar-refractivity contribution >= 4 is 73.4 Å². The average Bonchev–Trinajstić information content (AvgIpc) is 2.85. The molecule has 0 N–H and O–H groups in total. The minimum absolute atomic E-state index is 0. The molecule has 0 heterocycles. The summed E-state index contributed by atoms with van der Waals surface area (Å²) in [6.45, 7) is 0. The summed E-state index contributed by atoms with van der Waals surface area (Å²) in [5.74, 6) is -2.77. The van der Waals surface area contributed by atoms with Crippen LogP contribution >= 0.6 is 0 Å². The Kier molecular flexibility index (Phi) is 13.9. The molecule has 0 aliphatic rings. The SMILES string of the molecule is O=Nc1c([O-])c(S(=O)(=O)[O-])cc2cc(S(=O)(=O)[O-])ccc12.O=Nc1c([O-])c(S(=O)(=O)[O-])cc2cc(S(=O)(=O)[O-])ccc12.[Ni+2].[Ni+2].[Ni+2]. The third kappa shape index (κ3) is 9.20. The van der Waals surface area contributed by atoms with E-state index in [4.69, 9.17) is 0 Å². The molecule has 0 aliphatic carbocycles. The van der Waals surface area contributed by atoms with Crippen LogP contribution in [0.15, 0.2) is 78.5 Å². The van der Waals surface area contributed by atoms with Gasteiger partial charge in [0.05, 0.1) is 9.79 Å². The molecular formula is C20H8N2Ni3O16S4. The van der Waals surface area contributed by atoms with E-state index in [2.05, 4.69) is 10.4 Å². The smallest absolute Gasteiger partial charge is 0.870 e. The van der Waals surface area contributed by atoms with Crippen LogP contribution in [0.2, 0.25) is 0 Å². The minimum atomic E-state index is -5.19. The normalized spacial score (nSPS) is 11.6. The molecule has 0 aliphatic heterocycles. The van der Waals surface area contributed by atoms with Crippen molar-refractivity contribution in [2.75, 3.05) is 0 Å². The first-order valence-corrected chi connectivity index (χ1v) is 15.8. The van der Waals surface area contributed by atoms with Crippen molar-refractivity contribution in [2.45, 2.75) is 19.6 Å². The predicted octanol–water partition coefficient (Wildman–Crippen LogP) is 0.232. The number of benzene rings is 4. The number of rotatable bonds is 6. The van der Waals surface area contributed by atoms with Crippen LogP contribution in [0.3, 0.4) is 0 Å². The van der Waals surface area contributed by atoms with Crippen molar-refractivity contribution in [3.63, 3.8) is 0 Å². The Morgan fingerprint density at radius 2 is 0.756 bits per heavy atom. The van der Waals surface area contributed by atoms with E-state index in [9.17, 15) is 71.9 Å². The maximum atomic E-state index is 11.7. The second-order valence-corrected chi connectivity index (χ2v) is 13.3. The zero-order valence-corrected chi connectivity index (χ0v) is 26.9. The van der Waals surface area contributed by atoms with E-state index in [1.165, 1.54) is 0 Å². The summed E-state index contributed by atoms with van der Waals surface area (Å²) in [6, 6.07) is 6.29. The van der Waals surface area contributed by atoms with Gasteiger partial charge in [0.1, 0.15) is 51.8 Å². The van der Waals surface area contributed by atoms with Crippen LogP contribution in [0, 0.1) is 9.81 Å². The molecular weight excluding hydrogens is 829 g/mol. The fourth-order valence-corrected chi connectivity index (χ4v) is 5.71. The minimum Gasteiger partial charge on any atom is -0.870 e. The summed E-state index contributed by atoms with van der Waals surface area (Å²) in [7, 11) is -20.1. The fourth-order valence-electron chi connectivity index (χ4n) is 3.51. The molecule has 4 rings (SSSR count). The van der Waals surface area contributed by atoms with E-state index >= 15 is 0 Å². The maximum Gasteiger partial charge on any atom is 2.00 e. The van der Waals surface area contributed by atoms with E-state index in [-0.39, 0.29) is 71.0 Å². The predicted molar refractivity (Wildman–Crippen MR) is 130 cm³/mol. The van der Waals surface area contributed by atoms with Crippen molar-refractivity contribution < 1.29 is 112 Å². The molecule has 248 valence electrons. The molecule has 25 heteroatoms. The van der Waals surface area contributed by atoms with Crippen molar-refractivity contribution in [1.29, 1.82) is 0 Å². The summed E-state index contributed by atoms with van der Waals surface area (Å²) < 4.78 is 131. The van der Waals surface area contributed by atoms with Crippen LogP contribution in [0.1, 0.15) is 0 Å². The first-order valence-electron chi connectivity index (χ1n) is 10.2. The van der Waals surface area contributed by atoms with Gasteiger partial charge in [-0.1, -0.05) is 23.6 Å². The zero-order chi connectivity index (χ0) is 32.0. The van der Waals surface area contributed by atoms with Crippen LogP contribution < -0.4 is 10.2 Å². The Labute approximate surface area is 282 Å². The molecule has 0 spiro atoms. The monoisotopic (exact) mass is 834 g/mol. The van der Waals surface area contributed by atoms with Gasteiger partial charge < -0.3 is 28.4 Å². The Hall–Kier alpha value is -2.68. The number of nitroso groups, excluding NO2 is 2. The fraction of sp³-hybridized carbons (Fsp3) is 0. The summed E-state index contributed by atoms with van der Waals surface area (Å²) in [6.07, 6.45) is 0. The van der Waals surface area contributed by atoms with Gasteiger partial charge in [-0.25, -0.2) is 33.7 Å². The van der Waals surface area contributed by atoms with E-state index in [1.807, 2.05) is 0 Å². The number of hydrogen-bond acceptors (Lipinski definition) is 18. The summed E-state index contributed by atoms with van der Waals surface area (Å²) in [4.78, 5) is 17.4. The van der Waals surface area contributed by atoms with Crippen LogP contribution in [0.5, 0.6) is 11.5 Å². The number of nitrogens with zero attached hydrogens (tertiary/aromatic N) is 2. The van der Waals surface area contributed by atoms with Crippen LogP contribution in [0.25, 0.3) is 21.5 Å². The van der Waals surface area contributed by atoms with Gasteiger partial charge in [-0.2, -0.15) is 0 Å². The Balaban J connectivity index is 0.000000807. The Bertz CT molecular complexity index is 2100. The van der Waals surface area contributed by atoms with Gasteiger partial charge in [-0.05, 0) is 57.5 Å². The molecule has 18 nitrogen and oxygen atoms in total. The van der Waals surface area contributed by atoms with E-state index in [0.717, 1.165) is 36.4 Å². The summed E-state index contributed by atoms with van der Waals surface area (Å²) in [5.41, 5.74) is -1.70. The summed E-state index contributed by atoms with van der Waals surface area (Å²) >= 11 is 0. The topological polar surface area (TPSA) is 334 Å². The van der Waals surface area contributed by atoms with Gasteiger partial charge in [0.15, 0.2) is 0 Å². The van der Waals surface area contributed by atoms with Crippen molar-refractivity contribution in [1.82, 2.24) is 0 Å². The number of fused-ring (bicyclic) bond motifs is 2. The standard InChI is InChI=1S/2C10H7NO8S2.3Ni/c2*12-10-8(21(17,18)19)4-5-3-6(20(14,15)16)1-2-7(5)9(10)11-13;;;/h2*1-4,12H,(H,14,15,16)(H,17,18,19);;;/q;;3*+2/p-6. The quantitative estimate of drug-likeness (QED) is 0.142. The van der Waals surface area contributed by atoms with Gasteiger partial charge in [0, 0.05) is 20.6 Å². The molecule has 45 heavy (non-hydrogen) atoms. The largest absolute Gasteiger partial charge is 2.00 e. The molecule has 4 aromatic rings. The Morgan fingerprint density at radius 1 is 0.467 bits per heavy atom. The second-order valence-electron chi connectivity index (χ2n) is 7.87.